The molecule has 0 fully saturated rings. The van der Waals surface area contributed by atoms with Gasteiger partial charge in [-0.1, -0.05) is 91.0 Å². The summed E-state index contributed by atoms with van der Waals surface area (Å²) in [5.74, 6) is 0. The quantitative estimate of drug-likeness (QED) is 0.404. The lowest BCUT2D eigenvalue weighted by molar-refractivity contribution is 0.272. The second-order valence-electron chi connectivity index (χ2n) is 6.12. The van der Waals surface area contributed by atoms with Crippen molar-refractivity contribution in [1.29, 1.82) is 0 Å². The van der Waals surface area contributed by atoms with E-state index in [-0.39, 0.29) is 0 Å². The molecule has 0 spiro atoms. The van der Waals surface area contributed by atoms with Gasteiger partial charge in [-0.05, 0) is 29.5 Å². The molecule has 2 nitrogen and oxygen atoms in total. The lowest BCUT2D eigenvalue weighted by Crippen LogP contribution is -2.17. The van der Waals surface area contributed by atoms with Crippen LogP contribution in [0.3, 0.4) is 0 Å². The summed E-state index contributed by atoms with van der Waals surface area (Å²) in [6.07, 6.45) is 4.01. The Bertz CT molecular complexity index is 710. The Hall–Kier alpha value is -2.87. The molecule has 0 aliphatic heterocycles. The zero-order chi connectivity index (χ0) is 17.2. The first-order chi connectivity index (χ1) is 12.4. The van der Waals surface area contributed by atoms with E-state index in [2.05, 4.69) is 83.9 Å². The van der Waals surface area contributed by atoms with Crippen LogP contribution < -0.4 is 0 Å². The van der Waals surface area contributed by atoms with Crippen LogP contribution in [0, 0.1) is 0 Å². The molecule has 25 heavy (non-hydrogen) atoms. The molecule has 0 amide bonds. The second-order valence-corrected chi connectivity index (χ2v) is 6.12. The van der Waals surface area contributed by atoms with E-state index in [4.69, 9.17) is 5.10 Å². The molecule has 2 heteroatoms. The van der Waals surface area contributed by atoms with Crippen LogP contribution in [0.15, 0.2) is 96.1 Å². The Balaban J connectivity index is 1.62. The average molecular weight is 328 g/mol. The van der Waals surface area contributed by atoms with Crippen LogP contribution in [0.4, 0.5) is 0 Å². The number of aryl methyl sites for hydroxylation is 1. The van der Waals surface area contributed by atoms with Crippen molar-refractivity contribution >= 4 is 6.21 Å². The summed E-state index contributed by atoms with van der Waals surface area (Å²) in [5.41, 5.74) is 3.91. The van der Waals surface area contributed by atoms with Crippen molar-refractivity contribution in [1.82, 2.24) is 5.01 Å². The summed E-state index contributed by atoms with van der Waals surface area (Å²) in [6.45, 7) is 1.63. The smallest absolute Gasteiger partial charge is 0.0614 e. The Kier molecular flexibility index (Phi) is 6.40. The number of benzene rings is 3. The molecule has 0 aromatic heterocycles. The van der Waals surface area contributed by atoms with Gasteiger partial charge in [0, 0.05) is 6.21 Å². The highest BCUT2D eigenvalue weighted by Gasteiger charge is 2.03. The zero-order valence-corrected chi connectivity index (χ0v) is 14.5. The molecule has 0 unspecified atom stereocenters. The van der Waals surface area contributed by atoms with E-state index in [1.165, 1.54) is 16.7 Å². The predicted octanol–water partition coefficient (Wildman–Crippen LogP) is 5.31. The van der Waals surface area contributed by atoms with Crippen molar-refractivity contribution in [3.8, 4) is 0 Å². The Morgan fingerprint density at radius 3 is 1.52 bits per heavy atom. The topological polar surface area (TPSA) is 15.6 Å². The third kappa shape index (κ3) is 5.92. The Morgan fingerprint density at radius 1 is 0.600 bits per heavy atom. The van der Waals surface area contributed by atoms with Crippen LogP contribution in [-0.2, 0) is 19.5 Å². The third-order valence-electron chi connectivity index (χ3n) is 4.07. The number of hydrogen-bond acceptors (Lipinski definition) is 2. The first kappa shape index (κ1) is 17.0. The molecule has 0 aliphatic carbocycles. The van der Waals surface area contributed by atoms with Gasteiger partial charge in [-0.15, -0.1) is 0 Å². The number of nitrogens with zero attached hydrogens (tertiary/aromatic N) is 2. The van der Waals surface area contributed by atoms with Crippen LogP contribution in [-0.4, -0.2) is 11.2 Å². The van der Waals surface area contributed by atoms with Gasteiger partial charge in [0.2, 0.25) is 0 Å². The maximum Gasteiger partial charge on any atom is 0.0614 e. The van der Waals surface area contributed by atoms with Crippen molar-refractivity contribution in [2.45, 2.75) is 25.9 Å². The van der Waals surface area contributed by atoms with Gasteiger partial charge >= 0.3 is 0 Å². The number of hydrazone groups is 1. The molecular weight excluding hydrogens is 304 g/mol. The second kappa shape index (κ2) is 9.43. The molecule has 126 valence electrons. The lowest BCUT2D eigenvalue weighted by Gasteiger charge is -2.19. The van der Waals surface area contributed by atoms with E-state index < -0.39 is 0 Å². The van der Waals surface area contributed by atoms with Crippen molar-refractivity contribution in [3.63, 3.8) is 0 Å². The van der Waals surface area contributed by atoms with E-state index in [0.29, 0.717) is 0 Å². The minimum Gasteiger partial charge on any atom is -0.289 e. The van der Waals surface area contributed by atoms with Gasteiger partial charge in [0.1, 0.15) is 0 Å². The Morgan fingerprint density at radius 2 is 1.04 bits per heavy atom. The van der Waals surface area contributed by atoms with E-state index in [0.717, 1.165) is 25.9 Å². The van der Waals surface area contributed by atoms with E-state index in [9.17, 15) is 0 Å². The molecule has 0 aliphatic rings. The van der Waals surface area contributed by atoms with Gasteiger partial charge in [-0.25, -0.2) is 0 Å². The van der Waals surface area contributed by atoms with Gasteiger partial charge in [0.05, 0.1) is 13.1 Å². The summed E-state index contributed by atoms with van der Waals surface area (Å²) in [7, 11) is 0. The van der Waals surface area contributed by atoms with E-state index in [1.54, 1.807) is 0 Å². The molecule has 0 atom stereocenters. The van der Waals surface area contributed by atoms with Crippen molar-refractivity contribution in [2.75, 3.05) is 0 Å². The van der Waals surface area contributed by atoms with Gasteiger partial charge < -0.3 is 0 Å². The molecule has 0 radical (unpaired) electrons. The fourth-order valence-electron chi connectivity index (χ4n) is 2.77. The van der Waals surface area contributed by atoms with E-state index in [1.807, 2.05) is 18.3 Å². The number of rotatable bonds is 8. The van der Waals surface area contributed by atoms with Crippen LogP contribution in [0.5, 0.6) is 0 Å². The fourth-order valence-corrected chi connectivity index (χ4v) is 2.77. The Labute approximate surface area is 150 Å². The monoisotopic (exact) mass is 328 g/mol. The van der Waals surface area contributed by atoms with Gasteiger partial charge in [0.15, 0.2) is 0 Å². The number of hydrogen-bond donors (Lipinski definition) is 0. The molecule has 0 N–H and O–H groups in total. The van der Waals surface area contributed by atoms with Crippen molar-refractivity contribution < 1.29 is 0 Å². The summed E-state index contributed by atoms with van der Waals surface area (Å²) in [6, 6.07) is 31.6. The summed E-state index contributed by atoms with van der Waals surface area (Å²) in [4.78, 5) is 0. The molecule has 0 saturated heterocycles. The van der Waals surface area contributed by atoms with Crippen LogP contribution in [0.25, 0.3) is 0 Å². The van der Waals surface area contributed by atoms with Crippen LogP contribution in [0.2, 0.25) is 0 Å². The SMILES string of the molecule is C(/CCc1ccccc1)=N\N(Cc1ccccc1)Cc1ccccc1. The molecule has 3 aromatic rings. The van der Waals surface area contributed by atoms with Crippen molar-refractivity contribution in [2.24, 2.45) is 5.10 Å². The molecular formula is C23H24N2. The minimum atomic E-state index is 0.817. The first-order valence-corrected chi connectivity index (χ1v) is 8.79. The third-order valence-corrected chi connectivity index (χ3v) is 4.07. The zero-order valence-electron chi connectivity index (χ0n) is 14.5. The van der Waals surface area contributed by atoms with Gasteiger partial charge in [0.25, 0.3) is 0 Å². The first-order valence-electron chi connectivity index (χ1n) is 8.79. The highest BCUT2D eigenvalue weighted by molar-refractivity contribution is 5.57. The van der Waals surface area contributed by atoms with Crippen LogP contribution >= 0.6 is 0 Å². The summed E-state index contributed by atoms with van der Waals surface area (Å²) >= 11 is 0. The molecule has 3 rings (SSSR count). The lowest BCUT2D eigenvalue weighted by atomic mass is 10.1. The molecule has 0 saturated carbocycles. The normalized spacial score (nSPS) is 10.9. The largest absolute Gasteiger partial charge is 0.289 e. The van der Waals surface area contributed by atoms with Gasteiger partial charge in [-0.2, -0.15) is 5.10 Å². The molecule has 0 heterocycles. The fraction of sp³-hybridized carbons (Fsp3) is 0.174. The summed E-state index contributed by atoms with van der Waals surface area (Å²) < 4.78 is 0. The predicted molar refractivity (Wildman–Crippen MR) is 105 cm³/mol. The van der Waals surface area contributed by atoms with Crippen molar-refractivity contribution in [3.05, 3.63) is 108 Å². The maximum absolute atomic E-state index is 4.74. The maximum atomic E-state index is 4.74. The molecule has 0 bridgehead atoms. The average Bonchev–Trinajstić information content (AvgIpc) is 2.67. The standard InChI is InChI=1S/C23H24N2/c1-4-11-21(12-5-1)17-10-18-24-25(19-22-13-6-2-7-14-22)20-23-15-8-3-9-16-23/h1-9,11-16,18H,10,17,19-20H2/b24-18+. The summed E-state index contributed by atoms with van der Waals surface area (Å²) in [5, 5.41) is 6.87. The molecule has 3 aromatic carbocycles. The van der Waals surface area contributed by atoms with Gasteiger partial charge in [-0.3, -0.25) is 5.01 Å². The highest BCUT2D eigenvalue weighted by atomic mass is 15.4. The highest BCUT2D eigenvalue weighted by Crippen LogP contribution is 2.10. The minimum absolute atomic E-state index is 0.817. The van der Waals surface area contributed by atoms with E-state index >= 15 is 0 Å². The van der Waals surface area contributed by atoms with Crippen LogP contribution in [0.1, 0.15) is 23.1 Å².